The molecule has 0 radical (unpaired) electrons. The second-order valence-electron chi connectivity index (χ2n) is 3.71. The van der Waals surface area contributed by atoms with E-state index in [0.29, 0.717) is 5.69 Å². The highest BCUT2D eigenvalue weighted by molar-refractivity contribution is 5.42. The largest absolute Gasteiger partial charge is 0.416 e. The van der Waals surface area contributed by atoms with Crippen molar-refractivity contribution in [2.24, 2.45) is 10.2 Å². The maximum absolute atomic E-state index is 12.5. The molecule has 19 heavy (non-hydrogen) atoms. The van der Waals surface area contributed by atoms with E-state index in [-0.39, 0.29) is 11.4 Å². The van der Waals surface area contributed by atoms with Gasteiger partial charge in [-0.3, -0.25) is 0 Å². The third-order valence-electron chi connectivity index (χ3n) is 2.28. The molecule has 5 nitrogen and oxygen atoms in total. The first-order valence-corrected chi connectivity index (χ1v) is 5.15. The van der Waals surface area contributed by atoms with Crippen molar-refractivity contribution in [3.63, 3.8) is 0 Å². The lowest BCUT2D eigenvalue weighted by Gasteiger charge is -2.05. The van der Waals surface area contributed by atoms with E-state index in [1.807, 2.05) is 0 Å². The molecule has 0 fully saturated rings. The second-order valence-corrected chi connectivity index (χ2v) is 3.71. The Morgan fingerprint density at radius 1 is 1.26 bits per heavy atom. The molecule has 1 aromatic heterocycles. The number of H-pyrrole nitrogens is 1. The summed E-state index contributed by atoms with van der Waals surface area (Å²) in [7, 11) is 0. The number of rotatable bonds is 2. The zero-order chi connectivity index (χ0) is 14.0. The zero-order valence-corrected chi connectivity index (χ0v) is 9.65. The second kappa shape index (κ2) is 4.71. The van der Waals surface area contributed by atoms with Gasteiger partial charge < -0.3 is 4.52 Å². The molecule has 8 heteroatoms. The Labute approximate surface area is 104 Å². The summed E-state index contributed by atoms with van der Waals surface area (Å²) in [5, 5.41) is 9.46. The maximum atomic E-state index is 12.5. The summed E-state index contributed by atoms with van der Waals surface area (Å²) in [6, 6.07) is 4.33. The Balaban J connectivity index is 2.32. The number of aromatic amines is 1. The van der Waals surface area contributed by atoms with Gasteiger partial charge in [-0.2, -0.15) is 18.3 Å². The van der Waals surface area contributed by atoms with E-state index in [2.05, 4.69) is 19.9 Å². The van der Waals surface area contributed by atoms with Crippen LogP contribution in [0.4, 0.5) is 24.5 Å². The van der Waals surface area contributed by atoms with E-state index in [1.165, 1.54) is 19.1 Å². The fraction of sp³-hybridized carbons (Fsp3) is 0.182. The summed E-state index contributed by atoms with van der Waals surface area (Å²) >= 11 is 0. The van der Waals surface area contributed by atoms with Gasteiger partial charge in [0.15, 0.2) is 5.69 Å². The summed E-state index contributed by atoms with van der Waals surface area (Å²) in [5.74, 6) is 0. The average Bonchev–Trinajstić information content (AvgIpc) is 2.66. The highest BCUT2D eigenvalue weighted by Gasteiger charge is 2.30. The Kier molecular flexibility index (Phi) is 3.24. The molecule has 0 aliphatic carbocycles. The standard InChI is InChI=1S/C11H8F3N3O2/c1-6-9(10(18)19-17-6)16-15-8-4-2-3-7(5-8)11(12,13)14/h2-5,17H,1H3. The van der Waals surface area contributed by atoms with Gasteiger partial charge in [0, 0.05) is 0 Å². The Bertz CT molecular complexity index is 670. The lowest BCUT2D eigenvalue weighted by molar-refractivity contribution is -0.137. The van der Waals surface area contributed by atoms with Gasteiger partial charge >= 0.3 is 11.8 Å². The van der Waals surface area contributed by atoms with Gasteiger partial charge in [0.05, 0.1) is 16.9 Å². The number of aromatic nitrogens is 1. The van der Waals surface area contributed by atoms with E-state index in [4.69, 9.17) is 0 Å². The first-order chi connectivity index (χ1) is 8.88. The first-order valence-electron chi connectivity index (χ1n) is 5.15. The Morgan fingerprint density at radius 2 is 2.00 bits per heavy atom. The number of nitrogens with zero attached hydrogens (tertiary/aromatic N) is 2. The topological polar surface area (TPSA) is 70.7 Å². The fourth-order valence-electron chi connectivity index (χ4n) is 1.34. The van der Waals surface area contributed by atoms with Crippen molar-refractivity contribution >= 4 is 11.4 Å². The first kappa shape index (κ1) is 13.1. The smallest absolute Gasteiger partial charge is 0.336 e. The van der Waals surface area contributed by atoms with Crippen LogP contribution in [0.2, 0.25) is 0 Å². The molecule has 1 N–H and O–H groups in total. The van der Waals surface area contributed by atoms with Gasteiger partial charge in [-0.15, -0.1) is 5.11 Å². The molecule has 100 valence electrons. The Hall–Kier alpha value is -2.38. The predicted octanol–water partition coefficient (Wildman–Crippen LogP) is 3.71. The molecular formula is C11H8F3N3O2. The third-order valence-corrected chi connectivity index (χ3v) is 2.28. The molecule has 0 saturated heterocycles. The normalized spacial score (nSPS) is 12.2. The van der Waals surface area contributed by atoms with Gasteiger partial charge in [0.25, 0.3) is 0 Å². The minimum atomic E-state index is -4.45. The van der Waals surface area contributed by atoms with Crippen LogP contribution in [0.25, 0.3) is 0 Å². The van der Waals surface area contributed by atoms with Crippen molar-refractivity contribution in [2.45, 2.75) is 13.1 Å². The van der Waals surface area contributed by atoms with Crippen molar-refractivity contribution < 1.29 is 17.7 Å². The van der Waals surface area contributed by atoms with E-state index in [0.717, 1.165) is 12.1 Å². The molecule has 2 aromatic rings. The maximum Gasteiger partial charge on any atom is 0.416 e. The molecule has 0 spiro atoms. The fourth-order valence-corrected chi connectivity index (χ4v) is 1.34. The molecule has 1 aromatic carbocycles. The quantitative estimate of drug-likeness (QED) is 0.846. The summed E-state index contributed by atoms with van der Waals surface area (Å²) < 4.78 is 41.8. The van der Waals surface area contributed by atoms with Crippen molar-refractivity contribution in [3.05, 3.63) is 45.9 Å². The monoisotopic (exact) mass is 271 g/mol. The lowest BCUT2D eigenvalue weighted by atomic mass is 10.2. The van der Waals surface area contributed by atoms with Crippen LogP contribution in [-0.4, -0.2) is 5.16 Å². The summed E-state index contributed by atoms with van der Waals surface area (Å²) in [5.41, 5.74) is -1.29. The number of aryl methyl sites for hydroxylation is 1. The summed E-state index contributed by atoms with van der Waals surface area (Å²) in [4.78, 5) is 11.2. The van der Waals surface area contributed by atoms with Crippen LogP contribution in [0.3, 0.4) is 0 Å². The van der Waals surface area contributed by atoms with Gasteiger partial charge in [0.1, 0.15) is 0 Å². The molecule has 1 heterocycles. The van der Waals surface area contributed by atoms with Crippen molar-refractivity contribution in [1.82, 2.24) is 5.16 Å². The summed E-state index contributed by atoms with van der Waals surface area (Å²) in [6.07, 6.45) is -4.45. The van der Waals surface area contributed by atoms with E-state index >= 15 is 0 Å². The number of azo groups is 1. The van der Waals surface area contributed by atoms with E-state index in [1.54, 1.807) is 0 Å². The highest BCUT2D eigenvalue weighted by atomic mass is 19.4. The van der Waals surface area contributed by atoms with Crippen molar-refractivity contribution in [2.75, 3.05) is 0 Å². The molecule has 0 atom stereocenters. The van der Waals surface area contributed by atoms with Crippen LogP contribution in [0.5, 0.6) is 0 Å². The lowest BCUT2D eigenvalue weighted by Crippen LogP contribution is -2.03. The van der Waals surface area contributed by atoms with Gasteiger partial charge in [-0.25, -0.2) is 9.95 Å². The number of benzene rings is 1. The third kappa shape index (κ3) is 2.90. The van der Waals surface area contributed by atoms with Crippen LogP contribution in [0.1, 0.15) is 11.3 Å². The molecule has 0 aliphatic rings. The SMILES string of the molecule is Cc1[nH]oc(=O)c1N=Nc1cccc(C(F)(F)F)c1. The minimum absolute atomic E-state index is 0.00479. The molecule has 0 unspecified atom stereocenters. The molecule has 0 saturated carbocycles. The molecule has 0 aliphatic heterocycles. The van der Waals surface area contributed by atoms with E-state index in [9.17, 15) is 18.0 Å². The van der Waals surface area contributed by atoms with Gasteiger partial charge in [0.2, 0.25) is 0 Å². The number of hydrogen-bond acceptors (Lipinski definition) is 4. The predicted molar refractivity (Wildman–Crippen MR) is 59.7 cm³/mol. The molecule has 0 bridgehead atoms. The molecule has 2 rings (SSSR count). The van der Waals surface area contributed by atoms with Crippen LogP contribution >= 0.6 is 0 Å². The highest BCUT2D eigenvalue weighted by Crippen LogP contribution is 2.31. The van der Waals surface area contributed by atoms with E-state index < -0.39 is 17.4 Å². The number of alkyl halides is 3. The van der Waals surface area contributed by atoms with Crippen LogP contribution in [-0.2, 0) is 6.18 Å². The van der Waals surface area contributed by atoms with Crippen LogP contribution in [0.15, 0.2) is 43.8 Å². The number of hydrogen-bond donors (Lipinski definition) is 1. The minimum Gasteiger partial charge on any atom is -0.336 e. The summed E-state index contributed by atoms with van der Waals surface area (Å²) in [6.45, 7) is 1.53. The average molecular weight is 271 g/mol. The van der Waals surface area contributed by atoms with Crippen LogP contribution in [0, 0.1) is 6.92 Å². The molecule has 0 amide bonds. The number of nitrogens with one attached hydrogen (secondary N) is 1. The van der Waals surface area contributed by atoms with Crippen molar-refractivity contribution in [3.8, 4) is 0 Å². The Morgan fingerprint density at radius 3 is 2.58 bits per heavy atom. The van der Waals surface area contributed by atoms with Gasteiger partial charge in [-0.05, 0) is 25.1 Å². The van der Waals surface area contributed by atoms with Crippen molar-refractivity contribution in [1.29, 1.82) is 0 Å². The van der Waals surface area contributed by atoms with Gasteiger partial charge in [-0.1, -0.05) is 6.07 Å². The zero-order valence-electron chi connectivity index (χ0n) is 9.65. The van der Waals surface area contributed by atoms with Crippen LogP contribution < -0.4 is 5.63 Å². The number of halogens is 3. The molecular weight excluding hydrogens is 263 g/mol.